The molecule has 0 saturated carbocycles. The van der Waals surface area contributed by atoms with Crippen LogP contribution in [0, 0.1) is 0 Å². The zero-order valence-corrected chi connectivity index (χ0v) is 16.3. The predicted octanol–water partition coefficient (Wildman–Crippen LogP) is 6.36. The van der Waals surface area contributed by atoms with Crippen LogP contribution in [-0.4, -0.2) is 18.1 Å². The fourth-order valence-electron chi connectivity index (χ4n) is 4.01. The molecule has 5 rings (SSSR count). The van der Waals surface area contributed by atoms with Crippen LogP contribution in [0.3, 0.4) is 0 Å². The lowest BCUT2D eigenvalue weighted by Gasteiger charge is -2.27. The normalized spacial score (nSPS) is 12.3. The second kappa shape index (κ2) is 7.80. The maximum absolute atomic E-state index is 4.54. The van der Waals surface area contributed by atoms with Crippen LogP contribution < -0.4 is 10.2 Å². The Balaban J connectivity index is 1.35. The topological polar surface area (TPSA) is 28.2 Å². The van der Waals surface area contributed by atoms with Crippen LogP contribution in [0.4, 0.5) is 17.1 Å². The molecule has 4 aromatic rings. The summed E-state index contributed by atoms with van der Waals surface area (Å²) in [5, 5.41) is 4.75. The highest BCUT2D eigenvalue weighted by molar-refractivity contribution is 5.90. The van der Waals surface area contributed by atoms with E-state index in [1.807, 2.05) is 12.3 Å². The average Bonchev–Trinajstić information content (AvgIpc) is 2.94. The number of rotatable bonds is 5. The Morgan fingerprint density at radius 3 is 2.17 bits per heavy atom. The summed E-state index contributed by atoms with van der Waals surface area (Å²) in [6.45, 7) is 1.84. The van der Waals surface area contributed by atoms with Crippen molar-refractivity contribution in [2.24, 2.45) is 0 Å². The van der Waals surface area contributed by atoms with Crippen LogP contribution in [0.1, 0.15) is 17.5 Å². The van der Waals surface area contributed by atoms with E-state index in [1.165, 1.54) is 27.9 Å². The lowest BCUT2D eigenvalue weighted by atomic mass is 10.1. The van der Waals surface area contributed by atoms with E-state index in [1.54, 1.807) is 0 Å². The third-order valence-electron chi connectivity index (χ3n) is 5.40. The Labute approximate surface area is 171 Å². The third kappa shape index (κ3) is 3.47. The van der Waals surface area contributed by atoms with Gasteiger partial charge in [0.25, 0.3) is 0 Å². The summed E-state index contributed by atoms with van der Waals surface area (Å²) >= 11 is 0. The third-order valence-corrected chi connectivity index (χ3v) is 5.40. The second-order valence-corrected chi connectivity index (χ2v) is 7.26. The highest BCUT2D eigenvalue weighted by Crippen LogP contribution is 2.36. The fourth-order valence-corrected chi connectivity index (χ4v) is 4.01. The van der Waals surface area contributed by atoms with Gasteiger partial charge in [0, 0.05) is 36.0 Å². The number of nitrogens with one attached hydrogen (secondary N) is 1. The Morgan fingerprint density at radius 2 is 1.41 bits per heavy atom. The number of anilines is 3. The highest BCUT2D eigenvalue weighted by Gasteiger charge is 2.16. The van der Waals surface area contributed by atoms with E-state index >= 15 is 0 Å². The zero-order valence-electron chi connectivity index (χ0n) is 16.3. The van der Waals surface area contributed by atoms with Gasteiger partial charge in [-0.2, -0.15) is 0 Å². The lowest BCUT2D eigenvalue weighted by molar-refractivity contribution is 0.842. The molecule has 1 N–H and O–H groups in total. The Hall–Kier alpha value is -3.59. The molecule has 1 aliphatic rings. The van der Waals surface area contributed by atoms with E-state index in [4.69, 9.17) is 0 Å². The molecule has 0 unspecified atom stereocenters. The first-order chi connectivity index (χ1) is 14.4. The molecule has 29 heavy (non-hydrogen) atoms. The summed E-state index contributed by atoms with van der Waals surface area (Å²) in [6.07, 6.45) is 7.31. The van der Waals surface area contributed by atoms with E-state index in [9.17, 15) is 0 Å². The Bertz CT molecular complexity index is 1120. The molecule has 0 fully saturated rings. The molecule has 2 heterocycles. The molecular formula is C26H23N3. The van der Waals surface area contributed by atoms with E-state index in [0.29, 0.717) is 0 Å². The van der Waals surface area contributed by atoms with Gasteiger partial charge in [-0.15, -0.1) is 0 Å². The monoisotopic (exact) mass is 377 g/mol. The molecule has 1 aliphatic heterocycles. The maximum atomic E-state index is 4.54. The van der Waals surface area contributed by atoms with Gasteiger partial charge in [0.1, 0.15) is 0 Å². The van der Waals surface area contributed by atoms with E-state index in [0.717, 1.165) is 30.7 Å². The van der Waals surface area contributed by atoms with Crippen LogP contribution in [0.25, 0.3) is 23.1 Å². The molecule has 0 bridgehead atoms. The average molecular weight is 377 g/mol. The molecule has 3 nitrogen and oxygen atoms in total. The highest BCUT2D eigenvalue weighted by atomic mass is 15.1. The number of fused-ring (bicyclic) bond motifs is 3. The van der Waals surface area contributed by atoms with Gasteiger partial charge in [-0.1, -0.05) is 66.7 Å². The van der Waals surface area contributed by atoms with Crippen molar-refractivity contribution in [3.63, 3.8) is 0 Å². The number of benzene rings is 3. The van der Waals surface area contributed by atoms with Crippen LogP contribution >= 0.6 is 0 Å². The van der Waals surface area contributed by atoms with Crippen molar-refractivity contribution in [1.82, 2.24) is 4.98 Å². The van der Waals surface area contributed by atoms with Crippen LogP contribution in [0.5, 0.6) is 0 Å². The standard InChI is InChI=1S/C26H23N3/c1-3-13-24-20(8-1)15-16-21-9-2-4-14-25(21)29(24)19-7-18-27-23-12-5-10-22-11-6-17-28-26(22)23/h1-6,8-17,27H,7,18-19H2. The van der Waals surface area contributed by atoms with Gasteiger partial charge in [0.2, 0.25) is 0 Å². The number of hydrogen-bond acceptors (Lipinski definition) is 3. The number of hydrogen-bond donors (Lipinski definition) is 1. The molecule has 1 aromatic heterocycles. The van der Waals surface area contributed by atoms with Gasteiger partial charge in [0.05, 0.1) is 11.2 Å². The summed E-state index contributed by atoms with van der Waals surface area (Å²) in [7, 11) is 0. The van der Waals surface area contributed by atoms with Crippen LogP contribution in [-0.2, 0) is 0 Å². The first-order valence-corrected chi connectivity index (χ1v) is 10.1. The first-order valence-electron chi connectivity index (χ1n) is 10.1. The molecule has 0 amide bonds. The van der Waals surface area contributed by atoms with E-state index < -0.39 is 0 Å². The summed E-state index contributed by atoms with van der Waals surface area (Å²) in [4.78, 5) is 6.98. The van der Waals surface area contributed by atoms with Crippen molar-refractivity contribution in [2.45, 2.75) is 6.42 Å². The largest absolute Gasteiger partial charge is 0.383 e. The van der Waals surface area contributed by atoms with Gasteiger partial charge in [-0.05, 0) is 41.8 Å². The second-order valence-electron chi connectivity index (χ2n) is 7.26. The van der Waals surface area contributed by atoms with E-state index in [-0.39, 0.29) is 0 Å². The van der Waals surface area contributed by atoms with Crippen LogP contribution in [0.15, 0.2) is 85.1 Å². The molecule has 0 atom stereocenters. The fraction of sp³-hybridized carbons (Fsp3) is 0.115. The van der Waals surface area contributed by atoms with Crippen LogP contribution in [0.2, 0.25) is 0 Å². The molecule has 0 radical (unpaired) electrons. The summed E-state index contributed by atoms with van der Waals surface area (Å²) in [6, 6.07) is 27.6. The number of pyridine rings is 1. The van der Waals surface area contributed by atoms with Crippen molar-refractivity contribution in [1.29, 1.82) is 0 Å². The lowest BCUT2D eigenvalue weighted by Crippen LogP contribution is -2.21. The van der Waals surface area contributed by atoms with Gasteiger partial charge in [-0.3, -0.25) is 4.98 Å². The Kier molecular flexibility index (Phi) is 4.71. The number of aromatic nitrogens is 1. The molecule has 3 aromatic carbocycles. The SMILES string of the molecule is C1=Cc2ccccc2N(CCCNc2cccc3cccnc23)c2ccccc21. The minimum atomic E-state index is 0.893. The van der Waals surface area contributed by atoms with Crippen molar-refractivity contribution >= 4 is 40.1 Å². The summed E-state index contributed by atoms with van der Waals surface area (Å²) in [5.41, 5.74) is 7.18. The van der Waals surface area contributed by atoms with Gasteiger partial charge in [0.15, 0.2) is 0 Å². The minimum Gasteiger partial charge on any atom is -0.383 e. The van der Waals surface area contributed by atoms with Gasteiger partial charge >= 0.3 is 0 Å². The molecule has 0 spiro atoms. The first kappa shape index (κ1) is 17.5. The van der Waals surface area contributed by atoms with Crippen molar-refractivity contribution in [2.75, 3.05) is 23.3 Å². The number of para-hydroxylation sites is 3. The molecule has 0 saturated heterocycles. The van der Waals surface area contributed by atoms with Crippen molar-refractivity contribution in [3.05, 3.63) is 96.2 Å². The molecule has 3 heteroatoms. The molecule has 142 valence electrons. The predicted molar refractivity (Wildman–Crippen MR) is 124 cm³/mol. The molecular weight excluding hydrogens is 354 g/mol. The van der Waals surface area contributed by atoms with Gasteiger partial charge in [-0.25, -0.2) is 0 Å². The van der Waals surface area contributed by atoms with E-state index in [2.05, 4.69) is 100 Å². The zero-order chi connectivity index (χ0) is 19.5. The number of nitrogens with zero attached hydrogens (tertiary/aromatic N) is 2. The van der Waals surface area contributed by atoms with Crippen molar-refractivity contribution < 1.29 is 0 Å². The quantitative estimate of drug-likeness (QED) is 0.410. The smallest absolute Gasteiger partial charge is 0.0933 e. The maximum Gasteiger partial charge on any atom is 0.0933 e. The van der Waals surface area contributed by atoms with Gasteiger partial charge < -0.3 is 10.2 Å². The Morgan fingerprint density at radius 1 is 0.724 bits per heavy atom. The summed E-state index contributed by atoms with van der Waals surface area (Å²) in [5.74, 6) is 0. The summed E-state index contributed by atoms with van der Waals surface area (Å²) < 4.78 is 0. The minimum absolute atomic E-state index is 0.893. The van der Waals surface area contributed by atoms with Crippen molar-refractivity contribution in [3.8, 4) is 0 Å². The molecule has 0 aliphatic carbocycles.